The molecule has 0 saturated carbocycles. The van der Waals surface area contributed by atoms with E-state index in [4.69, 9.17) is 14.9 Å². The van der Waals surface area contributed by atoms with E-state index in [1.54, 1.807) is 20.8 Å². The lowest BCUT2D eigenvalue weighted by Gasteiger charge is -2.20. The summed E-state index contributed by atoms with van der Waals surface area (Å²) in [6.45, 7) is 5.09. The lowest BCUT2D eigenvalue weighted by atomic mass is 9.93. The maximum Gasteiger partial charge on any atom is 0.331 e. The highest BCUT2D eigenvalue weighted by molar-refractivity contribution is 5.92. The van der Waals surface area contributed by atoms with Gasteiger partial charge in [-0.05, 0) is 27.7 Å². The summed E-state index contributed by atoms with van der Waals surface area (Å²) in [6.07, 6.45) is 1.73. The fourth-order valence-electron chi connectivity index (χ4n) is 0.925. The van der Waals surface area contributed by atoms with Crippen LogP contribution >= 0.6 is 0 Å². The van der Waals surface area contributed by atoms with Crippen molar-refractivity contribution in [3.8, 4) is 0 Å². The standard InChI is InChI=1S/C13H20O7/c1-12(2,3)20-10(16)6-5-9(15)19-8-13(4,7-14)11(17)18/h5-6,14H,7-8H2,1-4H3,(H,17,18)/b6-5+. The van der Waals surface area contributed by atoms with Gasteiger partial charge in [-0.3, -0.25) is 4.79 Å². The van der Waals surface area contributed by atoms with Gasteiger partial charge in [0.15, 0.2) is 0 Å². The average Bonchev–Trinajstić information content (AvgIpc) is 2.31. The Bertz CT molecular complexity index is 405. The lowest BCUT2D eigenvalue weighted by molar-refractivity contribution is -0.159. The molecule has 1 atom stereocenters. The molecule has 0 aliphatic rings. The van der Waals surface area contributed by atoms with Crippen molar-refractivity contribution in [2.24, 2.45) is 5.41 Å². The zero-order valence-electron chi connectivity index (χ0n) is 12.0. The molecule has 0 bridgehead atoms. The minimum atomic E-state index is -1.57. The molecule has 114 valence electrons. The van der Waals surface area contributed by atoms with E-state index in [-0.39, 0.29) is 0 Å². The molecule has 0 aromatic heterocycles. The molecule has 0 aromatic carbocycles. The molecule has 7 nitrogen and oxygen atoms in total. The van der Waals surface area contributed by atoms with Crippen molar-refractivity contribution in [1.29, 1.82) is 0 Å². The Kier molecular flexibility index (Phi) is 6.38. The third-order valence-corrected chi connectivity index (χ3v) is 2.16. The van der Waals surface area contributed by atoms with Gasteiger partial charge in [0, 0.05) is 12.2 Å². The molecule has 0 amide bonds. The molecule has 0 rings (SSSR count). The van der Waals surface area contributed by atoms with Crippen molar-refractivity contribution >= 4 is 17.9 Å². The number of carbonyl (C=O) groups excluding carboxylic acids is 2. The van der Waals surface area contributed by atoms with Gasteiger partial charge in [-0.2, -0.15) is 0 Å². The van der Waals surface area contributed by atoms with Crippen LogP contribution in [-0.4, -0.2) is 46.9 Å². The topological polar surface area (TPSA) is 110 Å². The van der Waals surface area contributed by atoms with E-state index in [1.807, 2.05) is 0 Å². The smallest absolute Gasteiger partial charge is 0.331 e. The van der Waals surface area contributed by atoms with Crippen molar-refractivity contribution in [3.05, 3.63) is 12.2 Å². The third-order valence-electron chi connectivity index (χ3n) is 2.16. The van der Waals surface area contributed by atoms with Crippen LogP contribution in [0.4, 0.5) is 0 Å². The minimum absolute atomic E-state index is 0.504. The maximum absolute atomic E-state index is 11.3. The van der Waals surface area contributed by atoms with Crippen LogP contribution in [0.2, 0.25) is 0 Å². The van der Waals surface area contributed by atoms with E-state index in [0.29, 0.717) is 0 Å². The third kappa shape index (κ3) is 6.89. The molecule has 0 saturated heterocycles. The summed E-state index contributed by atoms with van der Waals surface area (Å²) in [4.78, 5) is 33.4. The Morgan fingerprint density at radius 2 is 1.55 bits per heavy atom. The second-order valence-corrected chi connectivity index (χ2v) is 5.50. The van der Waals surface area contributed by atoms with Crippen LogP contribution in [0.15, 0.2) is 12.2 Å². The second kappa shape index (κ2) is 7.04. The van der Waals surface area contributed by atoms with E-state index in [2.05, 4.69) is 4.74 Å². The normalized spacial score (nSPS) is 14.7. The molecular formula is C13H20O7. The van der Waals surface area contributed by atoms with Gasteiger partial charge in [0.2, 0.25) is 0 Å². The van der Waals surface area contributed by atoms with E-state index >= 15 is 0 Å². The quantitative estimate of drug-likeness (QED) is 0.541. The average molecular weight is 288 g/mol. The van der Waals surface area contributed by atoms with Gasteiger partial charge in [0.1, 0.15) is 17.6 Å². The van der Waals surface area contributed by atoms with Gasteiger partial charge >= 0.3 is 17.9 Å². The molecule has 0 aromatic rings. The van der Waals surface area contributed by atoms with Crippen molar-refractivity contribution < 1.29 is 34.1 Å². The number of carboxylic acid groups (broad SMARTS) is 1. The molecule has 0 fully saturated rings. The first-order valence-electron chi connectivity index (χ1n) is 5.92. The number of carboxylic acids is 1. The number of carbonyl (C=O) groups is 3. The van der Waals surface area contributed by atoms with Crippen molar-refractivity contribution in [2.45, 2.75) is 33.3 Å². The van der Waals surface area contributed by atoms with Gasteiger partial charge in [0.25, 0.3) is 0 Å². The highest BCUT2D eigenvalue weighted by atomic mass is 16.6. The van der Waals surface area contributed by atoms with Crippen LogP contribution in [0.1, 0.15) is 27.7 Å². The first-order valence-corrected chi connectivity index (χ1v) is 5.92. The Balaban J connectivity index is 4.38. The number of hydrogen-bond donors (Lipinski definition) is 2. The molecule has 0 radical (unpaired) electrons. The summed E-state index contributed by atoms with van der Waals surface area (Å²) in [5.41, 5.74) is -2.25. The summed E-state index contributed by atoms with van der Waals surface area (Å²) in [5, 5.41) is 17.8. The lowest BCUT2D eigenvalue weighted by Crippen LogP contribution is -2.37. The second-order valence-electron chi connectivity index (χ2n) is 5.50. The van der Waals surface area contributed by atoms with Gasteiger partial charge in [0.05, 0.1) is 6.61 Å². The van der Waals surface area contributed by atoms with Crippen LogP contribution < -0.4 is 0 Å². The zero-order valence-corrected chi connectivity index (χ0v) is 12.0. The highest BCUT2D eigenvalue weighted by Gasteiger charge is 2.34. The Morgan fingerprint density at radius 1 is 1.05 bits per heavy atom. The summed E-state index contributed by atoms with van der Waals surface area (Å²) in [7, 11) is 0. The minimum Gasteiger partial charge on any atom is -0.481 e. The predicted molar refractivity (Wildman–Crippen MR) is 68.8 cm³/mol. The molecule has 0 aliphatic heterocycles. The Morgan fingerprint density at radius 3 is 1.95 bits per heavy atom. The van der Waals surface area contributed by atoms with E-state index in [0.717, 1.165) is 12.2 Å². The summed E-state index contributed by atoms with van der Waals surface area (Å²) >= 11 is 0. The predicted octanol–water partition coefficient (Wildman–Crippen LogP) is 0.511. The van der Waals surface area contributed by atoms with Crippen molar-refractivity contribution in [1.82, 2.24) is 0 Å². The van der Waals surface area contributed by atoms with E-state index in [9.17, 15) is 14.4 Å². The van der Waals surface area contributed by atoms with Crippen LogP contribution in [0.25, 0.3) is 0 Å². The summed E-state index contributed by atoms with van der Waals surface area (Å²) in [5.74, 6) is -2.89. The van der Waals surface area contributed by atoms with Gasteiger partial charge in [-0.25, -0.2) is 9.59 Å². The fourth-order valence-corrected chi connectivity index (χ4v) is 0.925. The molecule has 0 heterocycles. The number of hydrogen-bond acceptors (Lipinski definition) is 6. The number of esters is 2. The van der Waals surface area contributed by atoms with Crippen LogP contribution in [-0.2, 0) is 23.9 Å². The summed E-state index contributed by atoms with van der Waals surface area (Å²) < 4.78 is 9.59. The molecular weight excluding hydrogens is 268 g/mol. The molecule has 0 aliphatic carbocycles. The Hall–Kier alpha value is -1.89. The molecule has 7 heteroatoms. The summed E-state index contributed by atoms with van der Waals surface area (Å²) in [6, 6.07) is 0. The van der Waals surface area contributed by atoms with Crippen LogP contribution in [0.3, 0.4) is 0 Å². The number of aliphatic carboxylic acids is 1. The van der Waals surface area contributed by atoms with Gasteiger partial charge < -0.3 is 19.7 Å². The van der Waals surface area contributed by atoms with E-state index in [1.165, 1.54) is 6.92 Å². The zero-order chi connectivity index (χ0) is 16.0. The van der Waals surface area contributed by atoms with Crippen LogP contribution in [0.5, 0.6) is 0 Å². The van der Waals surface area contributed by atoms with E-state index < -0.39 is 42.1 Å². The first-order chi connectivity index (χ1) is 9.00. The largest absolute Gasteiger partial charge is 0.481 e. The van der Waals surface area contributed by atoms with Crippen molar-refractivity contribution in [3.63, 3.8) is 0 Å². The number of aliphatic hydroxyl groups excluding tert-OH is 1. The van der Waals surface area contributed by atoms with Gasteiger partial charge in [-0.15, -0.1) is 0 Å². The number of aliphatic hydroxyl groups is 1. The maximum atomic E-state index is 11.3. The fraction of sp³-hybridized carbons (Fsp3) is 0.615. The first kappa shape index (κ1) is 18.1. The molecule has 0 spiro atoms. The Labute approximate surface area is 117 Å². The molecule has 1 unspecified atom stereocenters. The van der Waals surface area contributed by atoms with Crippen LogP contribution in [0, 0.1) is 5.41 Å². The molecule has 2 N–H and O–H groups in total. The number of ether oxygens (including phenoxy) is 2. The highest BCUT2D eigenvalue weighted by Crippen LogP contribution is 2.16. The van der Waals surface area contributed by atoms with Gasteiger partial charge in [-0.1, -0.05) is 0 Å². The number of rotatable bonds is 6. The molecule has 20 heavy (non-hydrogen) atoms. The van der Waals surface area contributed by atoms with Crippen molar-refractivity contribution in [2.75, 3.05) is 13.2 Å². The monoisotopic (exact) mass is 288 g/mol. The SMILES string of the molecule is CC(C)(C)OC(=O)/C=C/C(=O)OCC(C)(CO)C(=O)O.